The topological polar surface area (TPSA) is 104 Å². The van der Waals surface area contributed by atoms with Crippen molar-refractivity contribution in [1.29, 1.82) is 0 Å². The van der Waals surface area contributed by atoms with E-state index in [1.807, 2.05) is 31.2 Å². The molecule has 0 spiro atoms. The van der Waals surface area contributed by atoms with Crippen LogP contribution in [0.3, 0.4) is 0 Å². The van der Waals surface area contributed by atoms with Crippen LogP contribution in [0.15, 0.2) is 47.3 Å². The summed E-state index contributed by atoms with van der Waals surface area (Å²) in [5.41, 5.74) is 9.39. The van der Waals surface area contributed by atoms with Crippen molar-refractivity contribution in [2.24, 2.45) is 0 Å². The maximum atomic E-state index is 12.7. The van der Waals surface area contributed by atoms with E-state index in [2.05, 4.69) is 14.9 Å². The first-order valence-electron chi connectivity index (χ1n) is 9.69. The van der Waals surface area contributed by atoms with Crippen molar-refractivity contribution in [2.45, 2.75) is 26.4 Å². The second kappa shape index (κ2) is 7.97. The number of anilines is 1. The number of para-hydroxylation sites is 1. The molecule has 1 aliphatic rings. The molecule has 4 rings (SSSR count). The number of rotatable bonds is 5. The molecule has 2 aromatic carbocycles. The number of aromatic amines is 1. The summed E-state index contributed by atoms with van der Waals surface area (Å²) in [5.74, 6) is 1.20. The van der Waals surface area contributed by atoms with Gasteiger partial charge in [0.05, 0.1) is 17.9 Å². The zero-order valence-corrected chi connectivity index (χ0v) is 16.3. The first-order chi connectivity index (χ1) is 14.0. The molecule has 0 bridgehead atoms. The predicted octanol–water partition coefficient (Wildman–Crippen LogP) is 2.68. The van der Waals surface area contributed by atoms with Crippen molar-refractivity contribution in [1.82, 2.24) is 14.9 Å². The molecule has 3 aromatic rings. The van der Waals surface area contributed by atoms with Gasteiger partial charge in [-0.2, -0.15) is 0 Å². The highest BCUT2D eigenvalue weighted by Gasteiger charge is 2.22. The Labute approximate surface area is 168 Å². The zero-order chi connectivity index (χ0) is 20.4. The molecule has 0 fully saturated rings. The van der Waals surface area contributed by atoms with Gasteiger partial charge in [-0.3, -0.25) is 9.69 Å². The molecule has 0 saturated heterocycles. The number of phenolic OH excluding ortho intramolecular Hbond substituents is 1. The maximum absolute atomic E-state index is 12.7. The molecule has 150 valence electrons. The molecular formula is C22H24N4O3. The van der Waals surface area contributed by atoms with Crippen LogP contribution in [0.4, 0.5) is 5.69 Å². The lowest BCUT2D eigenvalue weighted by atomic mass is 10.0. The second-order valence-electron chi connectivity index (χ2n) is 7.12. The monoisotopic (exact) mass is 392 g/mol. The van der Waals surface area contributed by atoms with Crippen molar-refractivity contribution in [3.63, 3.8) is 0 Å². The van der Waals surface area contributed by atoms with Gasteiger partial charge in [0.25, 0.3) is 5.56 Å². The Morgan fingerprint density at radius 2 is 2.03 bits per heavy atom. The molecule has 0 atom stereocenters. The molecular weight excluding hydrogens is 368 g/mol. The molecule has 0 saturated carbocycles. The Balaban J connectivity index is 1.56. The van der Waals surface area contributed by atoms with Crippen molar-refractivity contribution in [2.75, 3.05) is 18.9 Å². The van der Waals surface area contributed by atoms with E-state index >= 15 is 0 Å². The van der Waals surface area contributed by atoms with Crippen LogP contribution in [0.1, 0.15) is 23.7 Å². The summed E-state index contributed by atoms with van der Waals surface area (Å²) in [5, 5.41) is 10.4. The normalized spacial score (nSPS) is 13.8. The van der Waals surface area contributed by atoms with Gasteiger partial charge < -0.3 is 20.6 Å². The van der Waals surface area contributed by atoms with Crippen LogP contribution in [-0.4, -0.2) is 33.1 Å². The van der Waals surface area contributed by atoms with Gasteiger partial charge in [0, 0.05) is 42.9 Å². The van der Waals surface area contributed by atoms with Crippen LogP contribution in [0.25, 0.3) is 11.4 Å². The molecule has 0 radical (unpaired) electrons. The fourth-order valence-electron chi connectivity index (χ4n) is 3.60. The molecule has 0 aliphatic carbocycles. The number of hydrogen-bond acceptors (Lipinski definition) is 6. The predicted molar refractivity (Wildman–Crippen MR) is 112 cm³/mol. The number of hydrogen-bond donors (Lipinski definition) is 3. The van der Waals surface area contributed by atoms with Crippen molar-refractivity contribution >= 4 is 5.69 Å². The van der Waals surface area contributed by atoms with E-state index in [0.29, 0.717) is 48.9 Å². The van der Waals surface area contributed by atoms with Crippen molar-refractivity contribution in [3.8, 4) is 22.9 Å². The smallest absolute Gasteiger partial charge is 0.255 e. The van der Waals surface area contributed by atoms with Crippen LogP contribution in [0.5, 0.6) is 11.5 Å². The van der Waals surface area contributed by atoms with Crippen LogP contribution >= 0.6 is 0 Å². The fourth-order valence-corrected chi connectivity index (χ4v) is 3.60. The maximum Gasteiger partial charge on any atom is 0.255 e. The van der Waals surface area contributed by atoms with Gasteiger partial charge in [0.2, 0.25) is 0 Å². The number of nitrogens with one attached hydrogen (secondary N) is 1. The molecule has 1 aliphatic heterocycles. The summed E-state index contributed by atoms with van der Waals surface area (Å²) in [6.07, 6.45) is 0.674. The standard InChI is InChI=1S/C22H24N4O3/c1-2-29-19-5-3-4-15(20(19)27)12-26-11-10-18-17(13-26)22(28)25-21(24-18)14-6-8-16(23)9-7-14/h3-9,27H,2,10-13,23H2,1H3,(H,24,25,28). The van der Waals surface area contributed by atoms with E-state index in [-0.39, 0.29) is 11.3 Å². The van der Waals surface area contributed by atoms with Crippen LogP contribution in [0, 0.1) is 0 Å². The van der Waals surface area contributed by atoms with Crippen molar-refractivity contribution in [3.05, 3.63) is 69.6 Å². The summed E-state index contributed by atoms with van der Waals surface area (Å²) in [7, 11) is 0. The highest BCUT2D eigenvalue weighted by atomic mass is 16.5. The Morgan fingerprint density at radius 3 is 2.79 bits per heavy atom. The van der Waals surface area contributed by atoms with E-state index in [1.165, 1.54) is 0 Å². The Kier molecular flexibility index (Phi) is 5.22. The lowest BCUT2D eigenvalue weighted by molar-refractivity contribution is 0.237. The SMILES string of the molecule is CCOc1cccc(CN2CCc3nc(-c4ccc(N)cc4)[nH]c(=O)c3C2)c1O. The first-order valence-corrected chi connectivity index (χ1v) is 9.69. The van der Waals surface area contributed by atoms with E-state index in [1.54, 1.807) is 18.2 Å². The Hall–Kier alpha value is -3.32. The van der Waals surface area contributed by atoms with E-state index < -0.39 is 0 Å². The summed E-state index contributed by atoms with van der Waals surface area (Å²) in [6, 6.07) is 12.8. The number of H-pyrrole nitrogens is 1. The fraction of sp³-hybridized carbons (Fsp3) is 0.273. The molecule has 0 unspecified atom stereocenters. The lowest BCUT2D eigenvalue weighted by Crippen LogP contribution is -2.35. The highest BCUT2D eigenvalue weighted by molar-refractivity contribution is 5.58. The summed E-state index contributed by atoms with van der Waals surface area (Å²) in [4.78, 5) is 22.4. The number of aromatic nitrogens is 2. The minimum Gasteiger partial charge on any atom is -0.504 e. The third kappa shape index (κ3) is 3.95. The van der Waals surface area contributed by atoms with Crippen LogP contribution in [0.2, 0.25) is 0 Å². The van der Waals surface area contributed by atoms with Gasteiger partial charge in [-0.05, 0) is 37.3 Å². The molecule has 7 nitrogen and oxygen atoms in total. The number of aromatic hydroxyl groups is 1. The molecule has 0 amide bonds. The number of nitrogen functional groups attached to an aromatic ring is 1. The van der Waals surface area contributed by atoms with Gasteiger partial charge in [-0.25, -0.2) is 4.98 Å². The largest absolute Gasteiger partial charge is 0.504 e. The molecule has 2 heterocycles. The average Bonchev–Trinajstić information content (AvgIpc) is 2.72. The average molecular weight is 392 g/mol. The molecule has 7 heteroatoms. The zero-order valence-electron chi connectivity index (χ0n) is 16.3. The van der Waals surface area contributed by atoms with Crippen LogP contribution in [-0.2, 0) is 19.5 Å². The molecule has 29 heavy (non-hydrogen) atoms. The lowest BCUT2D eigenvalue weighted by Gasteiger charge is -2.28. The summed E-state index contributed by atoms with van der Waals surface area (Å²) < 4.78 is 5.46. The minimum absolute atomic E-state index is 0.126. The number of fused-ring (bicyclic) bond motifs is 1. The van der Waals surface area contributed by atoms with Gasteiger partial charge >= 0.3 is 0 Å². The van der Waals surface area contributed by atoms with Gasteiger partial charge in [-0.15, -0.1) is 0 Å². The van der Waals surface area contributed by atoms with E-state index in [9.17, 15) is 9.90 Å². The quantitative estimate of drug-likeness (QED) is 0.577. The van der Waals surface area contributed by atoms with Gasteiger partial charge in [0.15, 0.2) is 11.5 Å². The molecule has 4 N–H and O–H groups in total. The number of phenols is 1. The number of nitrogens with two attached hydrogens (primary N) is 1. The van der Waals surface area contributed by atoms with Gasteiger partial charge in [0.1, 0.15) is 5.82 Å². The van der Waals surface area contributed by atoms with E-state index in [4.69, 9.17) is 10.5 Å². The summed E-state index contributed by atoms with van der Waals surface area (Å²) >= 11 is 0. The first kappa shape index (κ1) is 19.0. The Morgan fingerprint density at radius 1 is 1.24 bits per heavy atom. The van der Waals surface area contributed by atoms with Gasteiger partial charge in [-0.1, -0.05) is 12.1 Å². The second-order valence-corrected chi connectivity index (χ2v) is 7.12. The highest BCUT2D eigenvalue weighted by Crippen LogP contribution is 2.31. The Bertz CT molecular complexity index is 1080. The van der Waals surface area contributed by atoms with Crippen LogP contribution < -0.4 is 16.0 Å². The molecule has 1 aromatic heterocycles. The van der Waals surface area contributed by atoms with E-state index in [0.717, 1.165) is 23.4 Å². The third-order valence-electron chi connectivity index (χ3n) is 5.11. The number of benzene rings is 2. The number of nitrogens with zero attached hydrogens (tertiary/aromatic N) is 2. The third-order valence-corrected chi connectivity index (χ3v) is 5.11. The number of ether oxygens (including phenoxy) is 1. The van der Waals surface area contributed by atoms with Crippen molar-refractivity contribution < 1.29 is 9.84 Å². The minimum atomic E-state index is -0.126. The summed E-state index contributed by atoms with van der Waals surface area (Å²) in [6.45, 7) is 4.14.